The van der Waals surface area contributed by atoms with Crippen LogP contribution in [0.4, 0.5) is 0 Å². The van der Waals surface area contributed by atoms with E-state index in [1.807, 2.05) is 6.92 Å². The molecule has 0 aliphatic heterocycles. The van der Waals surface area contributed by atoms with Crippen molar-refractivity contribution in [2.45, 2.75) is 51.9 Å². The summed E-state index contributed by atoms with van der Waals surface area (Å²) in [6, 6.07) is 0. The summed E-state index contributed by atoms with van der Waals surface area (Å²) in [6.07, 6.45) is 6.84. The van der Waals surface area contributed by atoms with Gasteiger partial charge in [0.2, 0.25) is 0 Å². The normalized spacial score (nSPS) is 8.36. The fourth-order valence-electron chi connectivity index (χ4n) is 1.13. The van der Waals surface area contributed by atoms with Crippen molar-refractivity contribution in [2.24, 2.45) is 0 Å². The van der Waals surface area contributed by atoms with E-state index in [2.05, 4.69) is 0 Å². The van der Waals surface area contributed by atoms with E-state index < -0.39 is 0 Å². The zero-order valence-electron chi connectivity index (χ0n) is 8.84. The number of carbonyl (C=O) groups excluding carboxylic acids is 2. The molecular formula is C10H22O4. The summed E-state index contributed by atoms with van der Waals surface area (Å²) >= 11 is 0. The molecule has 0 bridgehead atoms. The molecule has 86 valence electrons. The molecule has 0 aliphatic rings. The van der Waals surface area contributed by atoms with Crippen molar-refractivity contribution >= 4 is 12.1 Å². The molecule has 0 saturated carbocycles. The van der Waals surface area contributed by atoms with Gasteiger partial charge in [0, 0.05) is 19.3 Å². The molecule has 4 heteroatoms. The van der Waals surface area contributed by atoms with Crippen LogP contribution in [-0.4, -0.2) is 23.0 Å². The summed E-state index contributed by atoms with van der Waals surface area (Å²) in [5.74, 6) is 0.364. The van der Waals surface area contributed by atoms with Gasteiger partial charge in [-0.05, 0) is 19.3 Å². The summed E-state index contributed by atoms with van der Waals surface area (Å²) in [5, 5.41) is 0. The van der Waals surface area contributed by atoms with Crippen molar-refractivity contribution in [1.29, 1.82) is 0 Å². The predicted molar refractivity (Wildman–Crippen MR) is 56.3 cm³/mol. The standard InChI is InChI=1S/C10H18O2.2H2O/c1-2-7-10(12)8-5-3-4-6-9-11;;/h9H,2-8H2,1H3;2*1H2. The van der Waals surface area contributed by atoms with Crippen molar-refractivity contribution in [1.82, 2.24) is 0 Å². The zero-order valence-corrected chi connectivity index (χ0v) is 8.84. The molecule has 4 N–H and O–H groups in total. The van der Waals surface area contributed by atoms with E-state index in [1.54, 1.807) is 0 Å². The van der Waals surface area contributed by atoms with Gasteiger partial charge in [0.25, 0.3) is 0 Å². The molecule has 0 fully saturated rings. The lowest BCUT2D eigenvalue weighted by atomic mass is 10.1. The Hall–Kier alpha value is -0.740. The molecule has 0 spiro atoms. The molecule has 0 atom stereocenters. The molecule has 0 aromatic carbocycles. The topological polar surface area (TPSA) is 97.1 Å². The van der Waals surface area contributed by atoms with Crippen LogP contribution in [0.15, 0.2) is 0 Å². The number of hydrogen-bond donors (Lipinski definition) is 0. The number of rotatable bonds is 8. The lowest BCUT2D eigenvalue weighted by molar-refractivity contribution is -0.119. The first-order valence-electron chi connectivity index (χ1n) is 4.76. The zero-order chi connectivity index (χ0) is 9.23. The number of hydrogen-bond acceptors (Lipinski definition) is 2. The van der Waals surface area contributed by atoms with Crippen molar-refractivity contribution < 1.29 is 20.5 Å². The molecule has 0 rings (SSSR count). The maximum atomic E-state index is 11.0. The summed E-state index contributed by atoms with van der Waals surface area (Å²) in [6.45, 7) is 2.02. The Bertz CT molecular complexity index is 134. The van der Waals surface area contributed by atoms with Gasteiger partial charge >= 0.3 is 0 Å². The second-order valence-electron chi connectivity index (χ2n) is 3.05. The first-order valence-corrected chi connectivity index (χ1v) is 4.76. The molecule has 0 aromatic heterocycles. The molecule has 0 amide bonds. The maximum absolute atomic E-state index is 11.0. The maximum Gasteiger partial charge on any atom is 0.132 e. The molecule has 4 nitrogen and oxygen atoms in total. The molecule has 0 radical (unpaired) electrons. The van der Waals surface area contributed by atoms with Crippen LogP contribution in [0.1, 0.15) is 51.9 Å². The highest BCUT2D eigenvalue weighted by atomic mass is 16.1. The van der Waals surface area contributed by atoms with Crippen LogP contribution in [-0.2, 0) is 9.59 Å². The van der Waals surface area contributed by atoms with E-state index in [9.17, 15) is 9.59 Å². The average molecular weight is 206 g/mol. The van der Waals surface area contributed by atoms with Crippen molar-refractivity contribution in [3.05, 3.63) is 0 Å². The minimum Gasteiger partial charge on any atom is -0.412 e. The van der Waals surface area contributed by atoms with Gasteiger partial charge in [-0.2, -0.15) is 0 Å². The van der Waals surface area contributed by atoms with Crippen molar-refractivity contribution in [2.75, 3.05) is 0 Å². The molecule has 0 aromatic rings. The van der Waals surface area contributed by atoms with E-state index in [-0.39, 0.29) is 11.0 Å². The Morgan fingerprint density at radius 3 is 2.21 bits per heavy atom. The Kier molecular flexibility index (Phi) is 20.0. The SMILES string of the molecule is CCCC(=O)CCCCCC=O.O.O. The Balaban J connectivity index is -0.000000605. The third kappa shape index (κ3) is 13.8. The van der Waals surface area contributed by atoms with Crippen molar-refractivity contribution in [3.8, 4) is 0 Å². The van der Waals surface area contributed by atoms with Gasteiger partial charge in [0.15, 0.2) is 0 Å². The average Bonchev–Trinajstić information content (AvgIpc) is 2.05. The number of aldehydes is 1. The summed E-state index contributed by atoms with van der Waals surface area (Å²) < 4.78 is 0. The van der Waals surface area contributed by atoms with Crippen LogP contribution in [0.25, 0.3) is 0 Å². The molecule has 0 saturated heterocycles. The summed E-state index contributed by atoms with van der Waals surface area (Å²) in [7, 11) is 0. The van der Waals surface area contributed by atoms with Gasteiger partial charge in [-0.25, -0.2) is 0 Å². The van der Waals surface area contributed by atoms with Crippen LogP contribution in [0.3, 0.4) is 0 Å². The highest BCUT2D eigenvalue weighted by molar-refractivity contribution is 5.78. The second-order valence-corrected chi connectivity index (χ2v) is 3.05. The fourth-order valence-corrected chi connectivity index (χ4v) is 1.13. The van der Waals surface area contributed by atoms with Gasteiger partial charge in [-0.3, -0.25) is 4.79 Å². The van der Waals surface area contributed by atoms with Gasteiger partial charge in [-0.1, -0.05) is 13.3 Å². The first kappa shape index (κ1) is 18.9. The lowest BCUT2D eigenvalue weighted by Crippen LogP contribution is -1.96. The van der Waals surface area contributed by atoms with E-state index >= 15 is 0 Å². The van der Waals surface area contributed by atoms with E-state index in [0.29, 0.717) is 25.0 Å². The summed E-state index contributed by atoms with van der Waals surface area (Å²) in [5.41, 5.74) is 0. The summed E-state index contributed by atoms with van der Waals surface area (Å²) in [4.78, 5) is 20.9. The number of Topliss-reactive ketones (excluding diaryl/α,β-unsaturated/α-hetero) is 1. The van der Waals surface area contributed by atoms with Crippen LogP contribution in [0, 0.1) is 0 Å². The van der Waals surface area contributed by atoms with Gasteiger partial charge in [0.05, 0.1) is 0 Å². The monoisotopic (exact) mass is 206 g/mol. The van der Waals surface area contributed by atoms with E-state index in [4.69, 9.17) is 0 Å². The van der Waals surface area contributed by atoms with Gasteiger partial charge in [0.1, 0.15) is 12.1 Å². The first-order chi connectivity index (χ1) is 5.81. The Morgan fingerprint density at radius 1 is 1.07 bits per heavy atom. The van der Waals surface area contributed by atoms with Crippen LogP contribution in [0.2, 0.25) is 0 Å². The third-order valence-electron chi connectivity index (χ3n) is 1.81. The van der Waals surface area contributed by atoms with Gasteiger partial charge < -0.3 is 15.7 Å². The van der Waals surface area contributed by atoms with Crippen LogP contribution >= 0.6 is 0 Å². The number of carbonyl (C=O) groups is 2. The lowest BCUT2D eigenvalue weighted by Gasteiger charge is -1.97. The van der Waals surface area contributed by atoms with Crippen LogP contribution < -0.4 is 0 Å². The molecule has 0 aliphatic carbocycles. The smallest absolute Gasteiger partial charge is 0.132 e. The Labute approximate surface area is 85.3 Å². The highest BCUT2D eigenvalue weighted by Gasteiger charge is 1.98. The molecule has 0 unspecified atom stereocenters. The minimum atomic E-state index is 0. The molecule has 14 heavy (non-hydrogen) atoms. The predicted octanol–water partition coefficient (Wildman–Crippen LogP) is 0.856. The van der Waals surface area contributed by atoms with Crippen molar-refractivity contribution in [3.63, 3.8) is 0 Å². The molecule has 0 heterocycles. The highest BCUT2D eigenvalue weighted by Crippen LogP contribution is 2.04. The Morgan fingerprint density at radius 2 is 1.71 bits per heavy atom. The largest absolute Gasteiger partial charge is 0.412 e. The second kappa shape index (κ2) is 14.8. The minimum absolute atomic E-state index is 0. The molecular weight excluding hydrogens is 184 g/mol. The van der Waals surface area contributed by atoms with E-state index in [1.165, 1.54) is 0 Å². The van der Waals surface area contributed by atoms with Gasteiger partial charge in [-0.15, -0.1) is 0 Å². The number of unbranched alkanes of at least 4 members (excludes halogenated alkanes) is 3. The quantitative estimate of drug-likeness (QED) is 0.434. The van der Waals surface area contributed by atoms with E-state index in [0.717, 1.165) is 32.0 Å². The fraction of sp³-hybridized carbons (Fsp3) is 0.800. The number of ketones is 1. The third-order valence-corrected chi connectivity index (χ3v) is 1.81. The van der Waals surface area contributed by atoms with Crippen LogP contribution in [0.5, 0.6) is 0 Å².